The van der Waals surface area contributed by atoms with Crippen LogP contribution in [0.3, 0.4) is 0 Å². The van der Waals surface area contributed by atoms with E-state index in [0.29, 0.717) is 6.54 Å². The molecule has 0 aliphatic carbocycles. The number of nitrogens with zero attached hydrogens (tertiary/aromatic N) is 2. The molecule has 0 radical (unpaired) electrons. The van der Waals surface area contributed by atoms with E-state index < -0.39 is 16.6 Å². The van der Waals surface area contributed by atoms with Crippen LogP contribution in [0.15, 0.2) is 12.1 Å². The number of nitro benzene ring substituents is 1. The molecule has 1 heterocycles. The van der Waals surface area contributed by atoms with Gasteiger partial charge in [-0.3, -0.25) is 14.9 Å². The maximum atomic E-state index is 14.1. The largest absolute Gasteiger partial charge is 0.336 e. The Kier molecular flexibility index (Phi) is 4.01. The third-order valence-electron chi connectivity index (χ3n) is 3.79. The maximum absolute atomic E-state index is 14.1. The summed E-state index contributed by atoms with van der Waals surface area (Å²) >= 11 is 0. The third-order valence-corrected chi connectivity index (χ3v) is 3.79. The van der Waals surface area contributed by atoms with Crippen molar-refractivity contribution in [2.75, 3.05) is 6.54 Å². The van der Waals surface area contributed by atoms with Crippen LogP contribution in [0, 0.1) is 22.9 Å². The normalized spacial score (nSPS) is 18.4. The molecule has 1 unspecified atom stereocenters. The molecule has 0 saturated carbocycles. The predicted molar refractivity (Wildman–Crippen MR) is 72.1 cm³/mol. The molecule has 20 heavy (non-hydrogen) atoms. The van der Waals surface area contributed by atoms with Gasteiger partial charge in [-0.1, -0.05) is 6.92 Å². The van der Waals surface area contributed by atoms with Crippen molar-refractivity contribution < 1.29 is 14.1 Å². The zero-order valence-corrected chi connectivity index (χ0v) is 11.6. The Morgan fingerprint density at radius 3 is 2.85 bits per heavy atom. The summed E-state index contributed by atoms with van der Waals surface area (Å²) in [5, 5.41) is 10.8. The Hall–Kier alpha value is -1.98. The summed E-state index contributed by atoms with van der Waals surface area (Å²) in [5.74, 6) is -1.11. The first kappa shape index (κ1) is 14.4. The second kappa shape index (κ2) is 5.56. The molecule has 1 aliphatic heterocycles. The number of benzene rings is 1. The van der Waals surface area contributed by atoms with Crippen molar-refractivity contribution in [3.63, 3.8) is 0 Å². The SMILES string of the molecule is CCC1CCCN1C(=O)c1cc([N+](=O)[O-])cc(C)c1F. The zero-order chi connectivity index (χ0) is 14.9. The fourth-order valence-corrected chi connectivity index (χ4v) is 2.69. The number of likely N-dealkylation sites (tertiary alicyclic amines) is 1. The van der Waals surface area contributed by atoms with Crippen LogP contribution in [0.2, 0.25) is 0 Å². The lowest BCUT2D eigenvalue weighted by Gasteiger charge is -2.24. The van der Waals surface area contributed by atoms with Gasteiger partial charge in [-0.2, -0.15) is 0 Å². The molecule has 2 rings (SSSR count). The van der Waals surface area contributed by atoms with E-state index in [4.69, 9.17) is 0 Å². The molecule has 0 N–H and O–H groups in total. The Morgan fingerprint density at radius 2 is 2.25 bits per heavy atom. The molecule has 108 valence electrons. The first-order chi connectivity index (χ1) is 9.45. The summed E-state index contributed by atoms with van der Waals surface area (Å²) in [6.07, 6.45) is 2.60. The lowest BCUT2D eigenvalue weighted by Crippen LogP contribution is -2.35. The van der Waals surface area contributed by atoms with Gasteiger partial charge in [-0.25, -0.2) is 4.39 Å². The number of nitro groups is 1. The van der Waals surface area contributed by atoms with Crippen LogP contribution in [-0.2, 0) is 0 Å². The first-order valence-electron chi connectivity index (χ1n) is 6.71. The Bertz CT molecular complexity index is 560. The molecule has 1 aromatic carbocycles. The topological polar surface area (TPSA) is 63.5 Å². The molecule has 1 aliphatic rings. The number of hydrogen-bond donors (Lipinski definition) is 0. The lowest BCUT2D eigenvalue weighted by atomic mass is 10.1. The van der Waals surface area contributed by atoms with E-state index in [1.54, 1.807) is 4.90 Å². The van der Waals surface area contributed by atoms with Gasteiger partial charge in [-0.15, -0.1) is 0 Å². The van der Waals surface area contributed by atoms with Gasteiger partial charge in [0.05, 0.1) is 10.5 Å². The van der Waals surface area contributed by atoms with Gasteiger partial charge < -0.3 is 4.90 Å². The number of aryl methyl sites for hydroxylation is 1. The fourth-order valence-electron chi connectivity index (χ4n) is 2.69. The highest BCUT2D eigenvalue weighted by Crippen LogP contribution is 2.26. The van der Waals surface area contributed by atoms with Crippen molar-refractivity contribution in [2.24, 2.45) is 0 Å². The third kappa shape index (κ3) is 2.50. The molecule has 0 aromatic heterocycles. The summed E-state index contributed by atoms with van der Waals surface area (Å²) in [6, 6.07) is 2.28. The molecule has 1 fully saturated rings. The van der Waals surface area contributed by atoms with Crippen molar-refractivity contribution in [3.05, 3.63) is 39.2 Å². The van der Waals surface area contributed by atoms with Crippen LogP contribution in [0.5, 0.6) is 0 Å². The van der Waals surface area contributed by atoms with Gasteiger partial charge in [0.2, 0.25) is 0 Å². The number of hydrogen-bond acceptors (Lipinski definition) is 3. The van der Waals surface area contributed by atoms with E-state index in [-0.39, 0.29) is 22.9 Å². The van der Waals surface area contributed by atoms with E-state index in [1.807, 2.05) is 6.92 Å². The van der Waals surface area contributed by atoms with E-state index in [1.165, 1.54) is 6.92 Å². The molecule has 1 atom stereocenters. The van der Waals surface area contributed by atoms with E-state index in [2.05, 4.69) is 0 Å². The highest BCUT2D eigenvalue weighted by atomic mass is 19.1. The van der Waals surface area contributed by atoms with E-state index in [0.717, 1.165) is 31.4 Å². The van der Waals surface area contributed by atoms with Crippen LogP contribution in [0.4, 0.5) is 10.1 Å². The Labute approximate surface area is 116 Å². The number of rotatable bonds is 3. The van der Waals surface area contributed by atoms with Crippen molar-refractivity contribution >= 4 is 11.6 Å². The van der Waals surface area contributed by atoms with Gasteiger partial charge in [0.1, 0.15) is 5.82 Å². The monoisotopic (exact) mass is 280 g/mol. The summed E-state index contributed by atoms with van der Waals surface area (Å²) in [5.41, 5.74) is -0.327. The average molecular weight is 280 g/mol. The van der Waals surface area contributed by atoms with Crippen molar-refractivity contribution in [2.45, 2.75) is 39.2 Å². The fraction of sp³-hybridized carbons (Fsp3) is 0.500. The van der Waals surface area contributed by atoms with Gasteiger partial charge >= 0.3 is 0 Å². The van der Waals surface area contributed by atoms with Crippen molar-refractivity contribution in [1.29, 1.82) is 0 Å². The Balaban J connectivity index is 2.41. The minimum absolute atomic E-state index is 0.0986. The van der Waals surface area contributed by atoms with Gasteiger partial charge in [0.15, 0.2) is 0 Å². The highest BCUT2D eigenvalue weighted by Gasteiger charge is 2.31. The summed E-state index contributed by atoms with van der Waals surface area (Å²) in [6.45, 7) is 3.99. The number of halogens is 1. The highest BCUT2D eigenvalue weighted by molar-refractivity contribution is 5.95. The molecule has 1 aromatic rings. The summed E-state index contributed by atoms with van der Waals surface area (Å²) < 4.78 is 14.1. The van der Waals surface area contributed by atoms with Gasteiger partial charge in [0, 0.05) is 24.7 Å². The standard InChI is InChI=1S/C14H17FN2O3/c1-3-10-5-4-6-16(10)14(18)12-8-11(17(19)20)7-9(2)13(12)15/h7-8,10H,3-6H2,1-2H3. The molecule has 5 nitrogen and oxygen atoms in total. The number of carbonyl (C=O) groups excluding carboxylic acids is 1. The van der Waals surface area contributed by atoms with Gasteiger partial charge in [-0.05, 0) is 31.7 Å². The van der Waals surface area contributed by atoms with Gasteiger partial charge in [0.25, 0.3) is 11.6 Å². The average Bonchev–Trinajstić information content (AvgIpc) is 2.89. The lowest BCUT2D eigenvalue weighted by molar-refractivity contribution is -0.385. The van der Waals surface area contributed by atoms with Crippen LogP contribution in [0.25, 0.3) is 0 Å². The molecular weight excluding hydrogens is 263 g/mol. The quantitative estimate of drug-likeness (QED) is 0.631. The minimum Gasteiger partial charge on any atom is -0.336 e. The van der Waals surface area contributed by atoms with Crippen LogP contribution < -0.4 is 0 Å². The van der Waals surface area contributed by atoms with E-state index >= 15 is 0 Å². The first-order valence-corrected chi connectivity index (χ1v) is 6.71. The second-order valence-corrected chi connectivity index (χ2v) is 5.08. The van der Waals surface area contributed by atoms with Crippen LogP contribution in [0.1, 0.15) is 42.1 Å². The predicted octanol–water partition coefficient (Wildman–Crippen LogP) is 3.06. The van der Waals surface area contributed by atoms with Crippen molar-refractivity contribution in [1.82, 2.24) is 4.90 Å². The second-order valence-electron chi connectivity index (χ2n) is 5.08. The molecule has 6 heteroatoms. The molecule has 0 spiro atoms. The smallest absolute Gasteiger partial charge is 0.270 e. The molecular formula is C14H17FN2O3. The number of amides is 1. The number of non-ortho nitro benzene ring substituents is 1. The molecule has 1 amide bonds. The van der Waals surface area contributed by atoms with Crippen LogP contribution in [-0.4, -0.2) is 28.3 Å². The van der Waals surface area contributed by atoms with E-state index in [9.17, 15) is 19.3 Å². The zero-order valence-electron chi connectivity index (χ0n) is 11.6. The van der Waals surface area contributed by atoms with Crippen LogP contribution >= 0.6 is 0 Å². The number of carbonyl (C=O) groups is 1. The van der Waals surface area contributed by atoms with Crippen molar-refractivity contribution in [3.8, 4) is 0 Å². The molecule has 1 saturated heterocycles. The molecule has 0 bridgehead atoms. The summed E-state index contributed by atoms with van der Waals surface area (Å²) in [4.78, 5) is 24.3. The Morgan fingerprint density at radius 1 is 1.55 bits per heavy atom. The maximum Gasteiger partial charge on any atom is 0.270 e. The minimum atomic E-state index is -0.664. The summed E-state index contributed by atoms with van der Waals surface area (Å²) in [7, 11) is 0.